The standard InChI is InChI=1S/C17H21N3O/c1-3-14(15-9-6-12(2)11-18-15)19-17(21)16-5-4-10-20(16)13-7-8-13/h4-6,9-11,13-14H,3,7-8H2,1-2H3,(H,19,21). The maximum atomic E-state index is 12.5. The van der Waals surface area contributed by atoms with Gasteiger partial charge in [0.25, 0.3) is 5.91 Å². The van der Waals surface area contributed by atoms with Crippen molar-refractivity contribution in [1.82, 2.24) is 14.9 Å². The van der Waals surface area contributed by atoms with Gasteiger partial charge in [0.1, 0.15) is 5.69 Å². The van der Waals surface area contributed by atoms with Gasteiger partial charge in [-0.3, -0.25) is 9.78 Å². The van der Waals surface area contributed by atoms with Crippen molar-refractivity contribution in [2.45, 2.75) is 45.2 Å². The number of hydrogen-bond donors (Lipinski definition) is 1. The Labute approximate surface area is 125 Å². The molecule has 1 aliphatic rings. The molecule has 0 saturated heterocycles. The minimum Gasteiger partial charge on any atom is -0.342 e. The van der Waals surface area contributed by atoms with Gasteiger partial charge in [-0.25, -0.2) is 0 Å². The van der Waals surface area contributed by atoms with E-state index in [0.29, 0.717) is 6.04 Å². The Hall–Kier alpha value is -2.10. The first-order valence-electron chi connectivity index (χ1n) is 7.59. The van der Waals surface area contributed by atoms with Gasteiger partial charge in [0.15, 0.2) is 0 Å². The highest BCUT2D eigenvalue weighted by atomic mass is 16.2. The Morgan fingerprint density at radius 2 is 2.24 bits per heavy atom. The number of nitrogens with one attached hydrogen (secondary N) is 1. The van der Waals surface area contributed by atoms with Crippen molar-refractivity contribution in [3.05, 3.63) is 53.6 Å². The highest BCUT2D eigenvalue weighted by Crippen LogP contribution is 2.36. The van der Waals surface area contributed by atoms with Crippen molar-refractivity contribution in [3.8, 4) is 0 Å². The third-order valence-corrected chi connectivity index (χ3v) is 3.96. The Bertz CT molecular complexity index is 626. The van der Waals surface area contributed by atoms with Crippen molar-refractivity contribution in [2.75, 3.05) is 0 Å². The molecule has 4 nitrogen and oxygen atoms in total. The molecule has 0 spiro atoms. The molecule has 3 rings (SSSR count). The predicted molar refractivity (Wildman–Crippen MR) is 82.2 cm³/mol. The van der Waals surface area contributed by atoms with Crippen LogP contribution in [0.2, 0.25) is 0 Å². The van der Waals surface area contributed by atoms with Crippen molar-refractivity contribution in [2.24, 2.45) is 0 Å². The minimum absolute atomic E-state index is 0.0128. The van der Waals surface area contributed by atoms with E-state index < -0.39 is 0 Å². The fourth-order valence-corrected chi connectivity index (χ4v) is 2.56. The van der Waals surface area contributed by atoms with Crippen molar-refractivity contribution in [3.63, 3.8) is 0 Å². The van der Waals surface area contributed by atoms with E-state index in [-0.39, 0.29) is 11.9 Å². The normalized spacial score (nSPS) is 15.7. The van der Waals surface area contributed by atoms with Gasteiger partial charge in [0.2, 0.25) is 0 Å². The van der Waals surface area contributed by atoms with E-state index in [2.05, 4.69) is 21.8 Å². The topological polar surface area (TPSA) is 46.9 Å². The number of carbonyl (C=O) groups is 1. The molecule has 1 N–H and O–H groups in total. The predicted octanol–water partition coefficient (Wildman–Crippen LogP) is 3.41. The van der Waals surface area contributed by atoms with Crippen LogP contribution in [0.4, 0.5) is 0 Å². The van der Waals surface area contributed by atoms with Gasteiger partial charge in [-0.1, -0.05) is 13.0 Å². The Morgan fingerprint density at radius 3 is 2.86 bits per heavy atom. The van der Waals surface area contributed by atoms with E-state index in [1.807, 2.05) is 43.6 Å². The van der Waals surface area contributed by atoms with Crippen LogP contribution in [-0.4, -0.2) is 15.5 Å². The molecular weight excluding hydrogens is 262 g/mol. The minimum atomic E-state index is -0.0411. The number of aromatic nitrogens is 2. The molecule has 1 saturated carbocycles. The third kappa shape index (κ3) is 2.99. The largest absolute Gasteiger partial charge is 0.342 e. The van der Waals surface area contributed by atoms with Crippen LogP contribution in [0.3, 0.4) is 0 Å². The molecule has 0 bridgehead atoms. The molecule has 1 aliphatic carbocycles. The summed E-state index contributed by atoms with van der Waals surface area (Å²) in [5.74, 6) is -0.0128. The summed E-state index contributed by atoms with van der Waals surface area (Å²) in [4.78, 5) is 16.9. The van der Waals surface area contributed by atoms with Crippen LogP contribution >= 0.6 is 0 Å². The monoisotopic (exact) mass is 283 g/mol. The Kier molecular flexibility index (Phi) is 3.78. The van der Waals surface area contributed by atoms with Crippen LogP contribution in [0.5, 0.6) is 0 Å². The molecule has 21 heavy (non-hydrogen) atoms. The first kappa shape index (κ1) is 13.9. The molecular formula is C17H21N3O. The Morgan fingerprint density at radius 1 is 1.43 bits per heavy atom. The SMILES string of the molecule is CCC(NC(=O)c1cccn1C1CC1)c1ccc(C)cn1. The lowest BCUT2D eigenvalue weighted by atomic mass is 10.1. The van der Waals surface area contributed by atoms with Crippen LogP contribution in [0.15, 0.2) is 36.7 Å². The Balaban J connectivity index is 1.75. The van der Waals surface area contributed by atoms with Crippen LogP contribution in [0, 0.1) is 6.92 Å². The van der Waals surface area contributed by atoms with E-state index in [0.717, 1.165) is 23.4 Å². The molecule has 110 valence electrons. The first-order valence-corrected chi connectivity index (χ1v) is 7.59. The van der Waals surface area contributed by atoms with Gasteiger partial charge in [-0.2, -0.15) is 0 Å². The van der Waals surface area contributed by atoms with Crippen LogP contribution in [0.25, 0.3) is 0 Å². The zero-order valence-corrected chi connectivity index (χ0v) is 12.5. The van der Waals surface area contributed by atoms with Crippen LogP contribution in [0.1, 0.15) is 60.0 Å². The maximum Gasteiger partial charge on any atom is 0.268 e. The zero-order valence-electron chi connectivity index (χ0n) is 12.5. The molecule has 2 aromatic heterocycles. The fraction of sp³-hybridized carbons (Fsp3) is 0.412. The molecule has 1 amide bonds. The molecule has 0 aliphatic heterocycles. The zero-order chi connectivity index (χ0) is 14.8. The summed E-state index contributed by atoms with van der Waals surface area (Å²) in [6, 6.07) is 8.33. The van der Waals surface area contributed by atoms with Gasteiger partial charge in [0.05, 0.1) is 11.7 Å². The summed E-state index contributed by atoms with van der Waals surface area (Å²) >= 11 is 0. The fourth-order valence-electron chi connectivity index (χ4n) is 2.56. The van der Waals surface area contributed by atoms with Gasteiger partial charge in [-0.15, -0.1) is 0 Å². The lowest BCUT2D eigenvalue weighted by molar-refractivity contribution is 0.0925. The van der Waals surface area contributed by atoms with E-state index in [4.69, 9.17) is 0 Å². The molecule has 0 radical (unpaired) electrons. The van der Waals surface area contributed by atoms with E-state index in [1.54, 1.807) is 0 Å². The van der Waals surface area contributed by atoms with Crippen LogP contribution in [-0.2, 0) is 0 Å². The second-order valence-electron chi connectivity index (χ2n) is 5.73. The summed E-state index contributed by atoms with van der Waals surface area (Å²) < 4.78 is 2.09. The number of pyridine rings is 1. The summed E-state index contributed by atoms with van der Waals surface area (Å²) in [5, 5.41) is 3.11. The van der Waals surface area contributed by atoms with E-state index in [1.165, 1.54) is 12.8 Å². The highest BCUT2D eigenvalue weighted by Gasteiger charge is 2.27. The average molecular weight is 283 g/mol. The van der Waals surface area contributed by atoms with Crippen molar-refractivity contribution in [1.29, 1.82) is 0 Å². The second-order valence-corrected chi connectivity index (χ2v) is 5.73. The van der Waals surface area contributed by atoms with Crippen LogP contribution < -0.4 is 5.32 Å². The van der Waals surface area contributed by atoms with E-state index in [9.17, 15) is 4.79 Å². The summed E-state index contributed by atoms with van der Waals surface area (Å²) in [7, 11) is 0. The highest BCUT2D eigenvalue weighted by molar-refractivity contribution is 5.93. The summed E-state index contributed by atoms with van der Waals surface area (Å²) in [6.45, 7) is 4.07. The summed E-state index contributed by atoms with van der Waals surface area (Å²) in [5.41, 5.74) is 2.80. The molecule has 1 fully saturated rings. The lowest BCUT2D eigenvalue weighted by Gasteiger charge is -2.17. The molecule has 1 unspecified atom stereocenters. The number of amides is 1. The number of hydrogen-bond acceptors (Lipinski definition) is 2. The molecule has 4 heteroatoms. The van der Waals surface area contributed by atoms with Crippen molar-refractivity contribution >= 4 is 5.91 Å². The van der Waals surface area contributed by atoms with Gasteiger partial charge in [0, 0.05) is 18.4 Å². The molecule has 2 aromatic rings. The van der Waals surface area contributed by atoms with E-state index >= 15 is 0 Å². The van der Waals surface area contributed by atoms with Gasteiger partial charge < -0.3 is 9.88 Å². The van der Waals surface area contributed by atoms with Gasteiger partial charge in [-0.05, 0) is 49.9 Å². The summed E-state index contributed by atoms with van der Waals surface area (Å²) in [6.07, 6.45) is 7.01. The number of nitrogens with zero attached hydrogens (tertiary/aromatic N) is 2. The molecule has 1 atom stereocenters. The average Bonchev–Trinajstić information content (AvgIpc) is 3.22. The number of carbonyl (C=O) groups excluding carboxylic acids is 1. The lowest BCUT2D eigenvalue weighted by Crippen LogP contribution is -2.30. The third-order valence-electron chi connectivity index (χ3n) is 3.96. The molecule has 2 heterocycles. The molecule has 0 aromatic carbocycles. The number of aryl methyl sites for hydroxylation is 1. The maximum absolute atomic E-state index is 12.5. The van der Waals surface area contributed by atoms with Crippen molar-refractivity contribution < 1.29 is 4.79 Å². The number of rotatable bonds is 5. The van der Waals surface area contributed by atoms with Gasteiger partial charge >= 0.3 is 0 Å². The quantitative estimate of drug-likeness (QED) is 0.914. The second kappa shape index (κ2) is 5.72. The first-order chi connectivity index (χ1) is 10.2. The smallest absolute Gasteiger partial charge is 0.268 e.